The van der Waals surface area contributed by atoms with Crippen molar-refractivity contribution in [2.24, 2.45) is 0 Å². The molecule has 2 heterocycles. The van der Waals surface area contributed by atoms with Crippen LogP contribution >= 0.6 is 11.6 Å². The first-order valence-electron chi connectivity index (χ1n) is 7.99. The van der Waals surface area contributed by atoms with Gasteiger partial charge in [0.15, 0.2) is 0 Å². The van der Waals surface area contributed by atoms with Gasteiger partial charge in [-0.2, -0.15) is 0 Å². The first-order chi connectivity index (χ1) is 10.8. The van der Waals surface area contributed by atoms with Gasteiger partial charge in [-0.25, -0.2) is 4.98 Å². The van der Waals surface area contributed by atoms with Crippen molar-refractivity contribution in [3.05, 3.63) is 53.2 Å². The highest BCUT2D eigenvalue weighted by molar-refractivity contribution is 6.31. The summed E-state index contributed by atoms with van der Waals surface area (Å²) in [6.45, 7) is 0.718. The molecule has 3 nitrogen and oxygen atoms in total. The Hall–Kier alpha value is -1.74. The van der Waals surface area contributed by atoms with Crippen LogP contribution in [0.15, 0.2) is 41.0 Å². The number of nitrogens with zero attached hydrogens (tertiary/aromatic N) is 2. The summed E-state index contributed by atoms with van der Waals surface area (Å²) >= 11 is 6.20. The highest BCUT2D eigenvalue weighted by atomic mass is 35.5. The Morgan fingerprint density at radius 1 is 1.18 bits per heavy atom. The molecule has 0 unspecified atom stereocenters. The number of aromatic nitrogens is 2. The Labute approximate surface area is 134 Å². The molecule has 0 amide bonds. The maximum atomic E-state index is 6.20. The number of hydrogen-bond acceptors (Lipinski definition) is 2. The lowest BCUT2D eigenvalue weighted by Crippen LogP contribution is -2.12. The van der Waals surface area contributed by atoms with Gasteiger partial charge < -0.3 is 8.98 Å². The lowest BCUT2D eigenvalue weighted by atomic mass is 9.88. The van der Waals surface area contributed by atoms with Gasteiger partial charge in [0.25, 0.3) is 0 Å². The average molecular weight is 315 g/mol. The van der Waals surface area contributed by atoms with E-state index in [1.807, 2.05) is 30.3 Å². The number of rotatable bonds is 3. The van der Waals surface area contributed by atoms with Crippen molar-refractivity contribution in [3.8, 4) is 0 Å². The van der Waals surface area contributed by atoms with Crippen molar-refractivity contribution in [2.45, 2.75) is 44.6 Å². The van der Waals surface area contributed by atoms with Crippen LogP contribution < -0.4 is 0 Å². The second-order valence-electron chi connectivity index (χ2n) is 6.10. The van der Waals surface area contributed by atoms with Gasteiger partial charge in [-0.15, -0.1) is 0 Å². The van der Waals surface area contributed by atoms with E-state index in [4.69, 9.17) is 21.0 Å². The SMILES string of the molecule is Clc1ccc2nc(C3CCCCC3)n(Cc3ccco3)c2c1. The molecule has 0 radical (unpaired) electrons. The summed E-state index contributed by atoms with van der Waals surface area (Å²) in [5, 5.41) is 0.753. The Bertz CT molecular complexity index is 770. The molecule has 1 aromatic carbocycles. The van der Waals surface area contributed by atoms with Gasteiger partial charge in [-0.05, 0) is 43.2 Å². The standard InChI is InChI=1S/C18H19ClN2O/c19-14-8-9-16-17(11-14)21(12-15-7-4-10-22-15)18(20-16)13-5-2-1-3-6-13/h4,7-11,13H,1-3,5-6,12H2. The smallest absolute Gasteiger partial charge is 0.123 e. The van der Waals surface area contributed by atoms with E-state index in [-0.39, 0.29) is 0 Å². The fraction of sp³-hybridized carbons (Fsp3) is 0.389. The van der Waals surface area contributed by atoms with E-state index >= 15 is 0 Å². The maximum Gasteiger partial charge on any atom is 0.123 e. The predicted molar refractivity (Wildman–Crippen MR) is 88.4 cm³/mol. The predicted octanol–water partition coefficient (Wildman–Crippen LogP) is 5.38. The van der Waals surface area contributed by atoms with E-state index in [1.54, 1.807) is 6.26 Å². The average Bonchev–Trinajstić information content (AvgIpc) is 3.17. The van der Waals surface area contributed by atoms with Crippen molar-refractivity contribution in [1.82, 2.24) is 9.55 Å². The van der Waals surface area contributed by atoms with E-state index in [9.17, 15) is 0 Å². The quantitative estimate of drug-likeness (QED) is 0.650. The van der Waals surface area contributed by atoms with Crippen molar-refractivity contribution < 1.29 is 4.42 Å². The lowest BCUT2D eigenvalue weighted by molar-refractivity contribution is 0.413. The number of benzene rings is 1. The lowest BCUT2D eigenvalue weighted by Gasteiger charge is -2.22. The summed E-state index contributed by atoms with van der Waals surface area (Å²) in [6.07, 6.45) is 8.14. The number of halogens is 1. The Kier molecular flexibility index (Phi) is 3.67. The summed E-state index contributed by atoms with van der Waals surface area (Å²) in [7, 11) is 0. The molecule has 1 fully saturated rings. The zero-order valence-corrected chi connectivity index (χ0v) is 13.2. The molecule has 0 N–H and O–H groups in total. The molecule has 0 spiro atoms. The van der Waals surface area contributed by atoms with Gasteiger partial charge in [-0.1, -0.05) is 30.9 Å². The second-order valence-corrected chi connectivity index (χ2v) is 6.54. The van der Waals surface area contributed by atoms with Crippen LogP contribution in [0.4, 0.5) is 0 Å². The van der Waals surface area contributed by atoms with Crippen LogP contribution in [0.1, 0.15) is 49.6 Å². The van der Waals surface area contributed by atoms with Crippen molar-refractivity contribution in [2.75, 3.05) is 0 Å². The number of furan rings is 1. The van der Waals surface area contributed by atoms with Gasteiger partial charge in [0.1, 0.15) is 11.6 Å². The van der Waals surface area contributed by atoms with Crippen LogP contribution in [0, 0.1) is 0 Å². The molecule has 22 heavy (non-hydrogen) atoms. The molecule has 4 rings (SSSR count). The molecule has 0 aliphatic heterocycles. The van der Waals surface area contributed by atoms with Crippen molar-refractivity contribution >= 4 is 22.6 Å². The zero-order chi connectivity index (χ0) is 14.9. The highest BCUT2D eigenvalue weighted by Crippen LogP contribution is 2.34. The van der Waals surface area contributed by atoms with E-state index in [2.05, 4.69) is 4.57 Å². The molecule has 114 valence electrons. The van der Waals surface area contributed by atoms with Gasteiger partial charge in [0.05, 0.1) is 23.8 Å². The van der Waals surface area contributed by atoms with Gasteiger partial charge in [0, 0.05) is 10.9 Å². The normalized spacial score (nSPS) is 16.4. The van der Waals surface area contributed by atoms with Crippen LogP contribution in [0.2, 0.25) is 5.02 Å². The summed E-state index contributed by atoms with van der Waals surface area (Å²) in [5.74, 6) is 2.69. The summed E-state index contributed by atoms with van der Waals surface area (Å²) in [4.78, 5) is 4.92. The molecule has 4 heteroatoms. The largest absolute Gasteiger partial charge is 0.467 e. The van der Waals surface area contributed by atoms with Crippen LogP contribution in [0.5, 0.6) is 0 Å². The van der Waals surface area contributed by atoms with Crippen LogP contribution in [-0.2, 0) is 6.54 Å². The van der Waals surface area contributed by atoms with E-state index in [0.717, 1.165) is 28.4 Å². The van der Waals surface area contributed by atoms with Gasteiger partial charge >= 0.3 is 0 Å². The second kappa shape index (κ2) is 5.81. The third-order valence-corrected chi connectivity index (χ3v) is 4.84. The monoisotopic (exact) mass is 314 g/mol. The molecule has 1 saturated carbocycles. The molecule has 1 aliphatic carbocycles. The minimum atomic E-state index is 0.551. The summed E-state index contributed by atoms with van der Waals surface area (Å²) in [5.41, 5.74) is 2.13. The van der Waals surface area contributed by atoms with Crippen molar-refractivity contribution in [1.29, 1.82) is 0 Å². The molecule has 0 saturated heterocycles. The number of hydrogen-bond donors (Lipinski definition) is 0. The van der Waals surface area contributed by atoms with E-state index < -0.39 is 0 Å². The molecule has 1 aliphatic rings. The minimum absolute atomic E-state index is 0.551. The number of imidazole rings is 1. The minimum Gasteiger partial charge on any atom is -0.467 e. The first kappa shape index (κ1) is 13.9. The Morgan fingerprint density at radius 3 is 2.82 bits per heavy atom. The Balaban J connectivity index is 1.82. The van der Waals surface area contributed by atoms with Crippen LogP contribution in [0.25, 0.3) is 11.0 Å². The molecule has 0 atom stereocenters. The summed E-state index contributed by atoms with van der Waals surface area (Å²) in [6, 6.07) is 9.89. The highest BCUT2D eigenvalue weighted by Gasteiger charge is 2.23. The van der Waals surface area contributed by atoms with E-state index in [0.29, 0.717) is 5.92 Å². The molecular formula is C18H19ClN2O. The van der Waals surface area contributed by atoms with Crippen molar-refractivity contribution in [3.63, 3.8) is 0 Å². The fourth-order valence-electron chi connectivity index (χ4n) is 3.51. The van der Waals surface area contributed by atoms with Crippen LogP contribution in [0.3, 0.4) is 0 Å². The van der Waals surface area contributed by atoms with Gasteiger partial charge in [-0.3, -0.25) is 0 Å². The number of fused-ring (bicyclic) bond motifs is 1. The molecule has 3 aromatic rings. The maximum absolute atomic E-state index is 6.20. The third kappa shape index (κ3) is 2.54. The molecular weight excluding hydrogens is 296 g/mol. The molecule has 2 aromatic heterocycles. The zero-order valence-electron chi connectivity index (χ0n) is 12.5. The Morgan fingerprint density at radius 2 is 2.05 bits per heavy atom. The van der Waals surface area contributed by atoms with E-state index in [1.165, 1.54) is 37.9 Å². The molecule has 0 bridgehead atoms. The van der Waals surface area contributed by atoms with Crippen LogP contribution in [-0.4, -0.2) is 9.55 Å². The third-order valence-electron chi connectivity index (χ3n) is 4.60. The van der Waals surface area contributed by atoms with Gasteiger partial charge in [0.2, 0.25) is 0 Å². The first-order valence-corrected chi connectivity index (χ1v) is 8.37. The fourth-order valence-corrected chi connectivity index (χ4v) is 3.68. The topological polar surface area (TPSA) is 31.0 Å². The summed E-state index contributed by atoms with van der Waals surface area (Å²) < 4.78 is 7.83.